The Balaban J connectivity index is 2.13. The van der Waals surface area contributed by atoms with Gasteiger partial charge in [0.15, 0.2) is 17.2 Å². The summed E-state index contributed by atoms with van der Waals surface area (Å²) in [6, 6.07) is 3.78. The maximum atomic E-state index is 12.5. The number of nitrogens with one attached hydrogen (secondary N) is 1. The number of carbonyl (C=O) groups is 1. The second-order valence-corrected chi connectivity index (χ2v) is 9.13. The molecule has 170 valence electrons. The Morgan fingerprint density at radius 2 is 1.65 bits per heavy atom. The van der Waals surface area contributed by atoms with Crippen molar-refractivity contribution < 1.29 is 33.7 Å². The third kappa shape index (κ3) is 5.97. The van der Waals surface area contributed by atoms with Gasteiger partial charge in [-0.15, -0.1) is 0 Å². The molecule has 1 amide bonds. The number of amides is 1. The highest BCUT2D eigenvalue weighted by molar-refractivity contribution is 7.53. The zero-order valence-electron chi connectivity index (χ0n) is 17.8. The molecule has 0 aliphatic heterocycles. The molecule has 0 unspecified atom stereocenters. The van der Waals surface area contributed by atoms with Gasteiger partial charge in [-0.25, -0.2) is 0 Å². The normalized spacial score (nSPS) is 11.6. The fraction of sp³-hybridized carbons (Fsp3) is 0.429. The van der Waals surface area contributed by atoms with Crippen molar-refractivity contribution >= 4 is 24.3 Å². The quantitative estimate of drug-likeness (QED) is 0.244. The third-order valence-electron chi connectivity index (χ3n) is 4.62. The molecular formula is C21H28NO8P. The van der Waals surface area contributed by atoms with E-state index in [4.69, 9.17) is 9.05 Å². The lowest BCUT2D eigenvalue weighted by Gasteiger charge is -2.16. The van der Waals surface area contributed by atoms with Crippen LogP contribution >= 0.6 is 7.60 Å². The minimum atomic E-state index is -3.13. The van der Waals surface area contributed by atoms with Crippen molar-refractivity contribution in [1.29, 1.82) is 0 Å². The first-order valence-corrected chi connectivity index (χ1v) is 11.7. The van der Waals surface area contributed by atoms with E-state index in [2.05, 4.69) is 5.32 Å². The number of hydrogen-bond donors (Lipinski definition) is 4. The summed E-state index contributed by atoms with van der Waals surface area (Å²) in [5, 5.41) is 32.9. The van der Waals surface area contributed by atoms with E-state index in [1.54, 1.807) is 20.8 Å². The Labute approximate surface area is 180 Å². The van der Waals surface area contributed by atoms with E-state index in [1.165, 1.54) is 12.1 Å². The van der Waals surface area contributed by atoms with Crippen LogP contribution in [0.15, 0.2) is 23.0 Å². The topological polar surface area (TPSA) is 142 Å². The van der Waals surface area contributed by atoms with Crippen molar-refractivity contribution in [2.24, 2.45) is 0 Å². The molecule has 0 radical (unpaired) electrons. The van der Waals surface area contributed by atoms with E-state index >= 15 is 0 Å². The predicted molar refractivity (Wildman–Crippen MR) is 117 cm³/mol. The standard InChI is InChI=1S/C21H28NO8P/c1-4-29-31(28,30-5-2)9-7-6-8-22-21(27)15-11-14-10-13(3)18(24)20(26)17(14)19(25)16(23)12-15/h10-12,24,26H,4-9H2,1-3H3,(H,22,27)(H,23,25). The summed E-state index contributed by atoms with van der Waals surface area (Å²) in [6.45, 7) is 5.84. The van der Waals surface area contributed by atoms with Crippen LogP contribution in [0, 0.1) is 6.92 Å². The van der Waals surface area contributed by atoms with Gasteiger partial charge in [0.1, 0.15) is 0 Å². The zero-order valence-corrected chi connectivity index (χ0v) is 18.7. The Bertz CT molecular complexity index is 1060. The average Bonchev–Trinajstić information content (AvgIpc) is 2.83. The van der Waals surface area contributed by atoms with Crippen molar-refractivity contribution in [1.82, 2.24) is 5.32 Å². The number of benzene rings is 1. The van der Waals surface area contributed by atoms with Gasteiger partial charge in [-0.1, -0.05) is 0 Å². The number of unbranched alkanes of at least 4 members (excludes halogenated alkanes) is 1. The lowest BCUT2D eigenvalue weighted by molar-refractivity contribution is 0.0953. The molecule has 2 aromatic carbocycles. The highest BCUT2D eigenvalue weighted by Gasteiger charge is 2.22. The maximum Gasteiger partial charge on any atom is 0.330 e. The fourth-order valence-corrected chi connectivity index (χ4v) is 4.88. The van der Waals surface area contributed by atoms with Crippen LogP contribution < -0.4 is 10.7 Å². The minimum absolute atomic E-state index is 0.00547. The lowest BCUT2D eigenvalue weighted by atomic mass is 10.1. The minimum Gasteiger partial charge on any atom is -0.504 e. The molecule has 0 bridgehead atoms. The van der Waals surface area contributed by atoms with Crippen molar-refractivity contribution in [3.8, 4) is 17.2 Å². The van der Waals surface area contributed by atoms with Crippen LogP contribution in [0.5, 0.6) is 17.2 Å². The van der Waals surface area contributed by atoms with E-state index < -0.39 is 36.2 Å². The first-order valence-electron chi connectivity index (χ1n) is 10.0. The van der Waals surface area contributed by atoms with Crippen LogP contribution in [-0.2, 0) is 13.6 Å². The maximum absolute atomic E-state index is 12.5. The highest BCUT2D eigenvalue weighted by Crippen LogP contribution is 2.48. The van der Waals surface area contributed by atoms with Crippen molar-refractivity contribution in [2.75, 3.05) is 25.9 Å². The van der Waals surface area contributed by atoms with Gasteiger partial charge in [-0.2, -0.15) is 0 Å². The summed E-state index contributed by atoms with van der Waals surface area (Å²) in [4.78, 5) is 24.8. The molecule has 0 aliphatic rings. The number of fused-ring (bicyclic) bond motifs is 1. The van der Waals surface area contributed by atoms with Gasteiger partial charge in [0.2, 0.25) is 5.43 Å². The molecule has 10 heteroatoms. The number of phenols is 2. The summed E-state index contributed by atoms with van der Waals surface area (Å²) in [5.41, 5.74) is -0.551. The Kier molecular flexibility index (Phi) is 8.44. The number of hydrogen-bond acceptors (Lipinski definition) is 8. The Hall–Kier alpha value is -2.61. The monoisotopic (exact) mass is 453 g/mol. The van der Waals surface area contributed by atoms with Crippen molar-refractivity contribution in [3.05, 3.63) is 39.5 Å². The van der Waals surface area contributed by atoms with E-state index in [1.807, 2.05) is 0 Å². The van der Waals surface area contributed by atoms with Gasteiger partial charge in [-0.05, 0) is 56.7 Å². The summed E-state index contributed by atoms with van der Waals surface area (Å²) in [6.07, 6.45) is 1.25. The molecule has 0 heterocycles. The number of aromatic hydroxyl groups is 3. The van der Waals surface area contributed by atoms with E-state index in [0.29, 0.717) is 18.4 Å². The van der Waals surface area contributed by atoms with Gasteiger partial charge in [-0.3, -0.25) is 14.2 Å². The lowest BCUT2D eigenvalue weighted by Crippen LogP contribution is -2.25. The third-order valence-corrected chi connectivity index (χ3v) is 6.79. The van der Waals surface area contributed by atoms with Gasteiger partial charge < -0.3 is 29.7 Å². The molecule has 0 saturated heterocycles. The van der Waals surface area contributed by atoms with Crippen molar-refractivity contribution in [2.45, 2.75) is 33.6 Å². The van der Waals surface area contributed by atoms with Gasteiger partial charge >= 0.3 is 7.60 Å². The largest absolute Gasteiger partial charge is 0.504 e. The fourth-order valence-electron chi connectivity index (χ4n) is 3.15. The van der Waals surface area contributed by atoms with E-state index in [0.717, 1.165) is 6.07 Å². The van der Waals surface area contributed by atoms with Crippen LogP contribution in [0.2, 0.25) is 0 Å². The predicted octanol–water partition coefficient (Wildman–Crippen LogP) is 3.40. The Morgan fingerprint density at radius 1 is 1.00 bits per heavy atom. The second-order valence-electron chi connectivity index (χ2n) is 6.94. The molecular weight excluding hydrogens is 425 g/mol. The van der Waals surface area contributed by atoms with Crippen LogP contribution in [0.4, 0.5) is 0 Å². The highest BCUT2D eigenvalue weighted by atomic mass is 31.2. The van der Waals surface area contributed by atoms with E-state index in [-0.39, 0.29) is 42.3 Å². The SMILES string of the molecule is CCOP(=O)(CCCCNC(=O)c1cc(=O)c(O)c2c(O)c(O)c(C)cc2c1)OCC. The molecule has 2 aromatic rings. The molecule has 9 nitrogen and oxygen atoms in total. The van der Waals surface area contributed by atoms with Gasteiger partial charge in [0.25, 0.3) is 5.91 Å². The molecule has 0 atom stereocenters. The van der Waals surface area contributed by atoms with Crippen LogP contribution in [0.25, 0.3) is 10.8 Å². The zero-order chi connectivity index (χ0) is 23.2. The molecule has 0 spiro atoms. The summed E-state index contributed by atoms with van der Waals surface area (Å²) in [5.74, 6) is -2.38. The smallest absolute Gasteiger partial charge is 0.330 e. The summed E-state index contributed by atoms with van der Waals surface area (Å²) >= 11 is 0. The van der Waals surface area contributed by atoms with Gasteiger partial charge in [0.05, 0.1) is 24.8 Å². The molecule has 0 fully saturated rings. The average molecular weight is 453 g/mol. The second kappa shape index (κ2) is 10.6. The summed E-state index contributed by atoms with van der Waals surface area (Å²) < 4.78 is 22.8. The molecule has 2 rings (SSSR count). The van der Waals surface area contributed by atoms with Crippen LogP contribution in [-0.4, -0.2) is 47.1 Å². The molecule has 0 aliphatic carbocycles. The van der Waals surface area contributed by atoms with Crippen LogP contribution in [0.3, 0.4) is 0 Å². The van der Waals surface area contributed by atoms with Crippen molar-refractivity contribution in [3.63, 3.8) is 0 Å². The molecule has 0 saturated carbocycles. The van der Waals surface area contributed by atoms with Crippen LogP contribution in [0.1, 0.15) is 42.6 Å². The molecule has 31 heavy (non-hydrogen) atoms. The molecule has 0 aromatic heterocycles. The first-order chi connectivity index (χ1) is 14.6. The number of aryl methyl sites for hydroxylation is 1. The first kappa shape index (κ1) is 24.7. The Morgan fingerprint density at radius 3 is 2.26 bits per heavy atom. The number of carbonyl (C=O) groups excluding carboxylic acids is 1. The number of phenolic OH excluding ortho intramolecular Hbond substituents is 2. The van der Waals surface area contributed by atoms with E-state index in [9.17, 15) is 29.5 Å². The van der Waals surface area contributed by atoms with Gasteiger partial charge in [0, 0.05) is 18.2 Å². The summed E-state index contributed by atoms with van der Waals surface area (Å²) in [7, 11) is -3.13. The number of rotatable bonds is 10. The molecule has 4 N–H and O–H groups in total.